The number of hydrogen-bond donors (Lipinski definition) is 0. The molecule has 0 aromatic rings. The highest BCUT2D eigenvalue weighted by Gasteiger charge is 2.64. The van der Waals surface area contributed by atoms with E-state index in [1.54, 1.807) is 0 Å². The van der Waals surface area contributed by atoms with Gasteiger partial charge in [0.2, 0.25) is 0 Å². The van der Waals surface area contributed by atoms with Gasteiger partial charge in [0.15, 0.2) is 0 Å². The summed E-state index contributed by atoms with van der Waals surface area (Å²) in [5.74, 6) is 8.68. The Morgan fingerprint density at radius 3 is 1.89 bits per heavy atom. The molecule has 4 nitrogen and oxygen atoms in total. The van der Waals surface area contributed by atoms with Crippen LogP contribution in [0.4, 0.5) is 0 Å². The lowest BCUT2D eigenvalue weighted by molar-refractivity contribution is -0.138. The van der Waals surface area contributed by atoms with Gasteiger partial charge in [-0.1, -0.05) is 77.0 Å². The molecule has 0 spiro atoms. The number of hydrogen-bond acceptors (Lipinski definition) is 5. The van der Waals surface area contributed by atoms with Crippen LogP contribution >= 0.6 is 11.8 Å². The van der Waals surface area contributed by atoms with E-state index in [-0.39, 0.29) is 0 Å². The molecule has 4 aliphatic heterocycles. The number of nitrogens with zero attached hydrogens (tertiary/aromatic N) is 1. The first-order valence-corrected chi connectivity index (χ1v) is 25.6. The maximum absolute atomic E-state index is 8.07. The fourth-order valence-corrected chi connectivity index (χ4v) is 20.1. The van der Waals surface area contributed by atoms with Gasteiger partial charge in [0.25, 0.3) is 0 Å². The molecule has 0 N–H and O–H groups in total. The molecule has 296 valence electrons. The van der Waals surface area contributed by atoms with Gasteiger partial charge in [-0.05, 0) is 150 Å². The first-order valence-electron chi connectivity index (χ1n) is 24.7. The quantitative estimate of drug-likeness (QED) is 0.286. The van der Waals surface area contributed by atoms with Crippen LogP contribution in [0, 0.1) is 59.2 Å². The van der Waals surface area contributed by atoms with Gasteiger partial charge in [0.1, 0.15) is 0 Å². The lowest BCUT2D eigenvalue weighted by Crippen LogP contribution is -2.63. The Bertz CT molecular complexity index is 1310. The SMILES string of the molecule is C1CCC(C2CCC(N(C3CCC4C(C3)OC3CCCCC34)C3CCCC4C5CCCCC5OC43)C3OC4C(CCC5SC6CCCCC6C54)C23)CC1. The Morgan fingerprint density at radius 2 is 1.02 bits per heavy atom. The Kier molecular flexibility index (Phi) is 9.61. The van der Waals surface area contributed by atoms with E-state index in [0.29, 0.717) is 54.7 Å². The highest BCUT2D eigenvalue weighted by atomic mass is 32.2. The summed E-state index contributed by atoms with van der Waals surface area (Å²) in [6.45, 7) is 0. The monoisotopic (exact) mass is 746 g/mol. The van der Waals surface area contributed by atoms with E-state index in [9.17, 15) is 0 Å². The highest BCUT2D eigenvalue weighted by Crippen LogP contribution is 2.63. The number of ether oxygens (including phenoxy) is 3. The molecule has 20 unspecified atom stereocenters. The van der Waals surface area contributed by atoms with Crippen molar-refractivity contribution >= 4 is 11.8 Å². The van der Waals surface area contributed by atoms with Gasteiger partial charge in [-0.3, -0.25) is 4.90 Å². The summed E-state index contributed by atoms with van der Waals surface area (Å²) in [6.07, 6.45) is 42.0. The second-order valence-corrected chi connectivity index (χ2v) is 23.3. The van der Waals surface area contributed by atoms with Crippen molar-refractivity contribution in [1.82, 2.24) is 4.90 Å². The molecule has 12 rings (SSSR count). The molecule has 4 saturated heterocycles. The van der Waals surface area contributed by atoms with Crippen molar-refractivity contribution in [3.63, 3.8) is 0 Å². The molecule has 20 atom stereocenters. The van der Waals surface area contributed by atoms with E-state index in [2.05, 4.69) is 16.7 Å². The average molecular weight is 746 g/mol. The van der Waals surface area contributed by atoms with Crippen LogP contribution in [-0.2, 0) is 14.2 Å². The molecule has 0 radical (unpaired) electrons. The molecular weight excluding hydrogens is 671 g/mol. The minimum Gasteiger partial charge on any atom is -0.374 e. The second kappa shape index (κ2) is 14.5. The third-order valence-corrected chi connectivity index (χ3v) is 21.7. The van der Waals surface area contributed by atoms with Crippen molar-refractivity contribution in [3.05, 3.63) is 0 Å². The van der Waals surface area contributed by atoms with Crippen LogP contribution in [0.2, 0.25) is 0 Å². The van der Waals surface area contributed by atoms with Crippen LogP contribution in [-0.4, -0.2) is 70.1 Å². The number of fused-ring (bicyclic) bond motifs is 13. The van der Waals surface area contributed by atoms with Gasteiger partial charge in [0.05, 0.1) is 36.6 Å². The van der Waals surface area contributed by atoms with E-state index < -0.39 is 0 Å². The third kappa shape index (κ3) is 5.83. The summed E-state index contributed by atoms with van der Waals surface area (Å²) in [7, 11) is 0. The van der Waals surface area contributed by atoms with E-state index in [1.165, 1.54) is 173 Å². The lowest BCUT2D eigenvalue weighted by Gasteiger charge is -2.55. The van der Waals surface area contributed by atoms with Gasteiger partial charge >= 0.3 is 0 Å². The Hall–Kier alpha value is 0.190. The Labute approximate surface area is 327 Å². The van der Waals surface area contributed by atoms with Crippen molar-refractivity contribution in [2.75, 3.05) is 0 Å². The normalized spacial score (nSPS) is 56.3. The molecule has 12 aliphatic rings. The van der Waals surface area contributed by atoms with Crippen LogP contribution in [0.3, 0.4) is 0 Å². The topological polar surface area (TPSA) is 30.9 Å². The van der Waals surface area contributed by atoms with Crippen molar-refractivity contribution < 1.29 is 14.2 Å². The maximum Gasteiger partial charge on any atom is 0.0768 e. The molecule has 53 heavy (non-hydrogen) atoms. The van der Waals surface area contributed by atoms with Crippen molar-refractivity contribution in [2.24, 2.45) is 59.2 Å². The maximum atomic E-state index is 8.07. The summed E-state index contributed by atoms with van der Waals surface area (Å²) in [5.41, 5.74) is 0. The van der Waals surface area contributed by atoms with E-state index in [4.69, 9.17) is 14.2 Å². The molecule has 0 bridgehead atoms. The minimum atomic E-state index is 0.464. The van der Waals surface area contributed by atoms with Crippen LogP contribution in [0.25, 0.3) is 0 Å². The highest BCUT2D eigenvalue weighted by molar-refractivity contribution is 8.00. The fraction of sp³-hybridized carbons (Fsp3) is 1.00. The number of thioether (sulfide) groups is 1. The van der Waals surface area contributed by atoms with E-state index >= 15 is 0 Å². The predicted molar refractivity (Wildman–Crippen MR) is 214 cm³/mol. The summed E-state index contributed by atoms with van der Waals surface area (Å²) in [4.78, 5) is 3.31. The summed E-state index contributed by atoms with van der Waals surface area (Å²) in [6, 6.07) is 1.86. The van der Waals surface area contributed by atoms with Gasteiger partial charge in [0, 0.05) is 34.5 Å². The number of rotatable bonds is 4. The van der Waals surface area contributed by atoms with Crippen molar-refractivity contribution in [1.29, 1.82) is 0 Å². The van der Waals surface area contributed by atoms with Gasteiger partial charge in [-0.15, -0.1) is 0 Å². The largest absolute Gasteiger partial charge is 0.374 e. The molecular formula is C48H75NO3S. The Balaban J connectivity index is 0.903. The van der Waals surface area contributed by atoms with Crippen molar-refractivity contribution in [2.45, 2.75) is 239 Å². The predicted octanol–water partition coefficient (Wildman–Crippen LogP) is 11.0. The Morgan fingerprint density at radius 1 is 0.358 bits per heavy atom. The van der Waals surface area contributed by atoms with Gasteiger partial charge < -0.3 is 14.2 Å². The zero-order valence-corrected chi connectivity index (χ0v) is 34.1. The molecule has 4 heterocycles. The first kappa shape index (κ1) is 35.2. The zero-order valence-electron chi connectivity index (χ0n) is 33.3. The molecule has 12 fully saturated rings. The first-order chi connectivity index (χ1) is 26.3. The minimum absolute atomic E-state index is 0.464. The smallest absolute Gasteiger partial charge is 0.0768 e. The van der Waals surface area contributed by atoms with E-state index in [1.807, 2.05) is 0 Å². The summed E-state index contributed by atoms with van der Waals surface area (Å²) >= 11 is 2.46. The zero-order chi connectivity index (χ0) is 34.6. The van der Waals surface area contributed by atoms with Crippen LogP contribution in [0.5, 0.6) is 0 Å². The van der Waals surface area contributed by atoms with E-state index in [0.717, 1.165) is 69.7 Å². The molecule has 8 saturated carbocycles. The molecule has 0 amide bonds. The van der Waals surface area contributed by atoms with Crippen LogP contribution in [0.1, 0.15) is 173 Å². The summed E-state index contributed by atoms with van der Waals surface area (Å²) < 4.78 is 22.7. The summed E-state index contributed by atoms with van der Waals surface area (Å²) in [5, 5.41) is 1.83. The second-order valence-electron chi connectivity index (χ2n) is 21.8. The molecule has 0 aromatic heterocycles. The van der Waals surface area contributed by atoms with Gasteiger partial charge in [-0.25, -0.2) is 0 Å². The molecule has 5 heteroatoms. The average Bonchev–Trinajstić information content (AvgIpc) is 3.98. The lowest BCUT2D eigenvalue weighted by atomic mass is 9.58. The van der Waals surface area contributed by atoms with Crippen LogP contribution < -0.4 is 0 Å². The van der Waals surface area contributed by atoms with Crippen LogP contribution in [0.15, 0.2) is 0 Å². The van der Waals surface area contributed by atoms with Gasteiger partial charge in [-0.2, -0.15) is 11.8 Å². The van der Waals surface area contributed by atoms with Crippen molar-refractivity contribution in [3.8, 4) is 0 Å². The fourth-order valence-electron chi connectivity index (χ4n) is 18.0. The molecule has 0 aromatic carbocycles. The molecule has 8 aliphatic carbocycles. The third-order valence-electron chi connectivity index (χ3n) is 19.9. The standard InChI is InChI=1S/C48H75NO3S/c1-2-11-28(12-3-1)30-23-25-38(48-44(30)36-24-26-43-45(47(36)52-48)35-15-6-9-20-42(35)53-43)49(29-21-22-33-31-13-4-7-18-39(31)50-41(33)27-29)37-17-10-16-34-32-14-5-8-19-40(32)51-46(34)37/h28-48H,1-27H2.